The zero-order valence-corrected chi connectivity index (χ0v) is 6.18. The molecule has 0 nitrogen and oxygen atoms in total. The Hall–Kier alpha value is 0.0800. The summed E-state index contributed by atoms with van der Waals surface area (Å²) < 4.78 is 24.3. The highest BCUT2D eigenvalue weighted by Crippen LogP contribution is 2.45. The fourth-order valence-corrected chi connectivity index (χ4v) is 1.95. The molecular weight excluding hydrogens is 142 g/mol. The van der Waals surface area contributed by atoms with E-state index in [0.717, 1.165) is 0 Å². The van der Waals surface area contributed by atoms with Crippen molar-refractivity contribution >= 4 is 16.4 Å². The van der Waals surface area contributed by atoms with Crippen molar-refractivity contribution in [3.8, 4) is 0 Å². The predicted octanol–water partition coefficient (Wildman–Crippen LogP) is 2.11. The van der Waals surface area contributed by atoms with Crippen LogP contribution in [0.4, 0.5) is 8.78 Å². The molecule has 0 amide bonds. The summed E-state index contributed by atoms with van der Waals surface area (Å²) in [5, 5.41) is 0.194. The maximum Gasteiger partial charge on any atom is 0.250 e. The highest BCUT2D eigenvalue weighted by Gasteiger charge is 2.45. The minimum Gasteiger partial charge on any atom is -0.207 e. The Bertz CT molecular complexity index is 134. The number of hydrogen-bond donors (Lipinski definition) is 0. The average Bonchev–Trinajstić information content (AvgIpc) is 1.59. The lowest BCUT2D eigenvalue weighted by atomic mass is 9.94. The van der Waals surface area contributed by atoms with Crippen LogP contribution >= 0.6 is 10.5 Å². The molecule has 0 aliphatic heterocycles. The fraction of sp³-hybridized carbons (Fsp3) is 0.833. The van der Waals surface area contributed by atoms with E-state index in [1.54, 1.807) is 0 Å². The van der Waals surface area contributed by atoms with Crippen molar-refractivity contribution in [2.75, 3.05) is 6.26 Å². The first-order valence-electron chi connectivity index (χ1n) is 2.83. The topological polar surface area (TPSA) is 0 Å². The Balaban J connectivity index is 2.35. The van der Waals surface area contributed by atoms with Crippen LogP contribution in [0.15, 0.2) is 0 Å². The molecule has 0 N–H and O–H groups in total. The number of hydrogen-bond acceptors (Lipinski definition) is 0. The van der Waals surface area contributed by atoms with Crippen LogP contribution in [-0.4, -0.2) is 23.3 Å². The Labute approximate surface area is 56.2 Å². The van der Waals surface area contributed by atoms with E-state index >= 15 is 0 Å². The van der Waals surface area contributed by atoms with Crippen LogP contribution in [0.5, 0.6) is 0 Å². The van der Waals surface area contributed by atoms with Gasteiger partial charge < -0.3 is 0 Å². The smallest absolute Gasteiger partial charge is 0.207 e. The molecule has 0 radical (unpaired) electrons. The Morgan fingerprint density at radius 2 is 2.00 bits per heavy atom. The fourth-order valence-electron chi connectivity index (χ4n) is 0.891. The quantitative estimate of drug-likeness (QED) is 0.505. The van der Waals surface area contributed by atoms with Crippen LogP contribution in [0, 0.1) is 0 Å². The zero-order chi connectivity index (χ0) is 7.07. The molecule has 1 aliphatic rings. The summed E-state index contributed by atoms with van der Waals surface area (Å²) in [5.41, 5.74) is 0. The normalized spacial score (nSPS) is 29.2. The summed E-state index contributed by atoms with van der Waals surface area (Å²) in [6, 6.07) is 0. The van der Waals surface area contributed by atoms with Crippen molar-refractivity contribution in [3.05, 3.63) is 0 Å². The maximum atomic E-state index is 12.1. The molecule has 1 atom stereocenters. The number of rotatable bonds is 1. The molecule has 0 aromatic carbocycles. The molecule has 1 fully saturated rings. The van der Waals surface area contributed by atoms with Gasteiger partial charge in [0.05, 0.1) is 0 Å². The molecule has 0 bridgehead atoms. The van der Waals surface area contributed by atoms with Gasteiger partial charge in [0.2, 0.25) is 5.92 Å². The second-order valence-corrected chi connectivity index (χ2v) is 4.63. The van der Waals surface area contributed by atoms with Crippen LogP contribution in [0.25, 0.3) is 0 Å². The summed E-state index contributed by atoms with van der Waals surface area (Å²) in [4.78, 5) is 0. The predicted molar refractivity (Wildman–Crippen MR) is 38.6 cm³/mol. The summed E-state index contributed by atoms with van der Waals surface area (Å²) >= 11 is 0. The van der Waals surface area contributed by atoms with Crippen molar-refractivity contribution in [2.45, 2.75) is 24.0 Å². The molecule has 0 aromatic heterocycles. The van der Waals surface area contributed by atoms with E-state index in [-0.39, 0.29) is 28.6 Å². The van der Waals surface area contributed by atoms with Crippen LogP contribution in [0.2, 0.25) is 0 Å². The lowest BCUT2D eigenvalue weighted by molar-refractivity contribution is -0.0667. The third-order valence-electron chi connectivity index (χ3n) is 1.62. The van der Waals surface area contributed by atoms with Crippen molar-refractivity contribution in [2.24, 2.45) is 0 Å². The van der Waals surface area contributed by atoms with Crippen molar-refractivity contribution in [1.82, 2.24) is 0 Å². The van der Waals surface area contributed by atoms with Crippen molar-refractivity contribution < 1.29 is 8.78 Å². The van der Waals surface area contributed by atoms with Gasteiger partial charge in [-0.1, -0.05) is 5.87 Å². The summed E-state index contributed by atoms with van der Waals surface area (Å²) in [5.74, 6) is 1.36. The first kappa shape index (κ1) is 7.19. The Morgan fingerprint density at radius 1 is 1.56 bits per heavy atom. The van der Waals surface area contributed by atoms with Crippen LogP contribution in [0.3, 0.4) is 0 Å². The molecule has 9 heavy (non-hydrogen) atoms. The molecule has 1 rings (SSSR count). The average molecular weight is 152 g/mol. The van der Waals surface area contributed by atoms with E-state index in [9.17, 15) is 8.78 Å². The van der Waals surface area contributed by atoms with Gasteiger partial charge in [0.25, 0.3) is 0 Å². The third-order valence-corrected chi connectivity index (χ3v) is 3.09. The lowest BCUT2D eigenvalue weighted by Gasteiger charge is -2.35. The van der Waals surface area contributed by atoms with Crippen molar-refractivity contribution in [3.63, 3.8) is 0 Å². The first-order valence-corrected chi connectivity index (χ1v) is 4.70. The lowest BCUT2D eigenvalue weighted by Crippen LogP contribution is -2.38. The molecule has 0 saturated heterocycles. The molecule has 1 aliphatic carbocycles. The minimum absolute atomic E-state index is 0.0501. The Morgan fingerprint density at radius 3 is 2.11 bits per heavy atom. The van der Waals surface area contributed by atoms with E-state index in [1.165, 1.54) is 0 Å². The largest absolute Gasteiger partial charge is 0.250 e. The highest BCUT2D eigenvalue weighted by atomic mass is 32.2. The van der Waals surface area contributed by atoms with Gasteiger partial charge in [0.15, 0.2) is 0 Å². The molecular formula is C6H10F2S. The molecule has 1 unspecified atom stereocenters. The SMILES string of the molecule is C=S(C)C1CC(F)(F)C1. The van der Waals surface area contributed by atoms with Gasteiger partial charge in [0.1, 0.15) is 0 Å². The van der Waals surface area contributed by atoms with Crippen LogP contribution < -0.4 is 0 Å². The molecule has 0 heterocycles. The van der Waals surface area contributed by atoms with E-state index in [1.807, 2.05) is 6.26 Å². The van der Waals surface area contributed by atoms with Gasteiger partial charge in [0, 0.05) is 18.1 Å². The van der Waals surface area contributed by atoms with Gasteiger partial charge in [-0.3, -0.25) is 0 Å². The maximum absolute atomic E-state index is 12.1. The first-order chi connectivity index (χ1) is 4.01. The van der Waals surface area contributed by atoms with Gasteiger partial charge in [-0.2, -0.15) is 10.5 Å². The molecule has 3 heteroatoms. The van der Waals surface area contributed by atoms with E-state index in [2.05, 4.69) is 5.87 Å². The van der Waals surface area contributed by atoms with E-state index in [0.29, 0.717) is 0 Å². The summed E-state index contributed by atoms with van der Waals surface area (Å²) in [7, 11) is -0.0501. The summed E-state index contributed by atoms with van der Waals surface area (Å²) in [6.45, 7) is 0. The molecule has 0 aromatic rings. The third kappa shape index (κ3) is 1.51. The minimum atomic E-state index is -2.36. The van der Waals surface area contributed by atoms with Gasteiger partial charge in [-0.25, -0.2) is 8.78 Å². The number of alkyl halides is 2. The van der Waals surface area contributed by atoms with Crippen molar-refractivity contribution in [1.29, 1.82) is 0 Å². The molecule has 0 spiro atoms. The number of halogens is 2. The second-order valence-electron chi connectivity index (χ2n) is 2.58. The van der Waals surface area contributed by atoms with Crippen LogP contribution in [0.1, 0.15) is 12.8 Å². The second kappa shape index (κ2) is 2.04. The van der Waals surface area contributed by atoms with E-state index < -0.39 is 5.92 Å². The zero-order valence-electron chi connectivity index (χ0n) is 5.36. The van der Waals surface area contributed by atoms with E-state index in [4.69, 9.17) is 0 Å². The van der Waals surface area contributed by atoms with Gasteiger partial charge in [-0.05, 0) is 6.26 Å². The monoisotopic (exact) mass is 152 g/mol. The van der Waals surface area contributed by atoms with Gasteiger partial charge in [-0.15, -0.1) is 0 Å². The molecule has 54 valence electrons. The van der Waals surface area contributed by atoms with Gasteiger partial charge >= 0.3 is 0 Å². The molecule has 1 saturated carbocycles. The summed E-state index contributed by atoms with van der Waals surface area (Å²) in [6.07, 6.45) is 2.05. The Kier molecular flexibility index (Phi) is 1.63. The van der Waals surface area contributed by atoms with Crippen LogP contribution in [-0.2, 0) is 0 Å². The highest BCUT2D eigenvalue weighted by molar-refractivity contribution is 8.14. The standard InChI is InChI=1S/C6H10F2S/c1-9(2)5-3-6(7,8)4-5/h5H,1,3-4H2,2H3.